The number of ketones is 1. The average molecular weight is 261 g/mol. The Labute approximate surface area is 115 Å². The summed E-state index contributed by atoms with van der Waals surface area (Å²) in [4.78, 5) is 14.2. The highest BCUT2D eigenvalue weighted by molar-refractivity contribution is 6.02. The Morgan fingerprint density at radius 1 is 1.26 bits per heavy atom. The SMILES string of the molecule is COc1cccc(N(C)C2CCCCC2)c1C(C)=O. The predicted octanol–water partition coefficient (Wildman–Crippen LogP) is 3.67. The summed E-state index contributed by atoms with van der Waals surface area (Å²) in [6, 6.07) is 6.38. The van der Waals surface area contributed by atoms with Crippen LogP contribution < -0.4 is 9.64 Å². The van der Waals surface area contributed by atoms with E-state index in [2.05, 4.69) is 11.9 Å². The van der Waals surface area contributed by atoms with Gasteiger partial charge in [0.15, 0.2) is 5.78 Å². The van der Waals surface area contributed by atoms with Crippen LogP contribution in [0.15, 0.2) is 18.2 Å². The molecule has 3 nitrogen and oxygen atoms in total. The van der Waals surface area contributed by atoms with Gasteiger partial charge < -0.3 is 9.64 Å². The molecule has 2 rings (SSSR count). The first kappa shape index (κ1) is 13.9. The molecule has 1 aromatic rings. The summed E-state index contributed by atoms with van der Waals surface area (Å²) < 4.78 is 5.34. The van der Waals surface area contributed by atoms with Crippen LogP contribution in [0.2, 0.25) is 0 Å². The minimum absolute atomic E-state index is 0.0649. The van der Waals surface area contributed by atoms with E-state index < -0.39 is 0 Å². The Kier molecular flexibility index (Phi) is 4.46. The number of ether oxygens (including phenoxy) is 1. The van der Waals surface area contributed by atoms with E-state index in [9.17, 15) is 4.79 Å². The zero-order valence-electron chi connectivity index (χ0n) is 12.1. The molecular formula is C16H23NO2. The monoisotopic (exact) mass is 261 g/mol. The quantitative estimate of drug-likeness (QED) is 0.775. The van der Waals surface area contributed by atoms with Crippen LogP contribution in [0.5, 0.6) is 5.75 Å². The summed E-state index contributed by atoms with van der Waals surface area (Å²) in [5, 5.41) is 0. The number of methoxy groups -OCH3 is 1. The number of anilines is 1. The molecule has 0 radical (unpaired) electrons. The van der Waals surface area contributed by atoms with Crippen LogP contribution >= 0.6 is 0 Å². The maximum Gasteiger partial charge on any atom is 0.165 e. The molecule has 0 atom stereocenters. The van der Waals surface area contributed by atoms with Crippen molar-refractivity contribution in [3.63, 3.8) is 0 Å². The van der Waals surface area contributed by atoms with Crippen molar-refractivity contribution >= 4 is 11.5 Å². The lowest BCUT2D eigenvalue weighted by Crippen LogP contribution is -2.34. The number of carbonyl (C=O) groups is 1. The van der Waals surface area contributed by atoms with Gasteiger partial charge in [0.25, 0.3) is 0 Å². The predicted molar refractivity (Wildman–Crippen MR) is 78.3 cm³/mol. The Hall–Kier alpha value is -1.51. The third kappa shape index (κ3) is 2.91. The molecule has 0 aromatic heterocycles. The van der Waals surface area contributed by atoms with Crippen LogP contribution in [0.3, 0.4) is 0 Å². The Morgan fingerprint density at radius 2 is 1.95 bits per heavy atom. The summed E-state index contributed by atoms with van der Waals surface area (Å²) in [5.41, 5.74) is 1.71. The van der Waals surface area contributed by atoms with E-state index >= 15 is 0 Å². The van der Waals surface area contributed by atoms with E-state index in [4.69, 9.17) is 4.74 Å². The van der Waals surface area contributed by atoms with Gasteiger partial charge in [-0.3, -0.25) is 4.79 Å². The summed E-state index contributed by atoms with van der Waals surface area (Å²) in [5.74, 6) is 0.739. The van der Waals surface area contributed by atoms with Gasteiger partial charge in [-0.2, -0.15) is 0 Å². The van der Waals surface area contributed by atoms with Gasteiger partial charge in [-0.1, -0.05) is 25.3 Å². The number of hydrogen-bond donors (Lipinski definition) is 0. The number of hydrogen-bond acceptors (Lipinski definition) is 3. The van der Waals surface area contributed by atoms with Crippen LogP contribution in [-0.4, -0.2) is 26.0 Å². The van der Waals surface area contributed by atoms with Crippen LogP contribution in [0.1, 0.15) is 49.4 Å². The number of nitrogens with zero attached hydrogens (tertiary/aromatic N) is 1. The van der Waals surface area contributed by atoms with Crippen molar-refractivity contribution in [1.82, 2.24) is 0 Å². The third-order valence-electron chi connectivity index (χ3n) is 4.08. The van der Waals surface area contributed by atoms with Crippen molar-refractivity contribution in [2.75, 3.05) is 19.1 Å². The van der Waals surface area contributed by atoms with Crippen molar-refractivity contribution in [2.45, 2.75) is 45.1 Å². The van der Waals surface area contributed by atoms with Gasteiger partial charge in [-0.25, -0.2) is 0 Å². The van der Waals surface area contributed by atoms with E-state index in [1.54, 1.807) is 14.0 Å². The van der Waals surface area contributed by atoms with Gasteiger partial charge >= 0.3 is 0 Å². The Morgan fingerprint density at radius 3 is 2.53 bits per heavy atom. The molecule has 0 aliphatic heterocycles. The molecule has 0 amide bonds. The van der Waals surface area contributed by atoms with Crippen molar-refractivity contribution in [3.05, 3.63) is 23.8 Å². The van der Waals surface area contributed by atoms with Gasteiger partial charge in [0.2, 0.25) is 0 Å². The molecule has 1 aliphatic rings. The molecule has 0 N–H and O–H groups in total. The number of benzene rings is 1. The molecule has 3 heteroatoms. The summed E-state index contributed by atoms with van der Waals surface area (Å²) in [7, 11) is 3.71. The highest BCUT2D eigenvalue weighted by atomic mass is 16.5. The number of carbonyl (C=O) groups excluding carboxylic acids is 1. The summed E-state index contributed by atoms with van der Waals surface area (Å²) in [6.07, 6.45) is 6.33. The second-order valence-electron chi connectivity index (χ2n) is 5.31. The Balaban J connectivity index is 2.34. The molecule has 104 valence electrons. The number of rotatable bonds is 4. The van der Waals surface area contributed by atoms with Crippen LogP contribution in [0, 0.1) is 0 Å². The maximum atomic E-state index is 11.9. The normalized spacial score (nSPS) is 16.2. The standard InChI is InChI=1S/C16H23NO2/c1-12(18)16-14(10-7-11-15(16)19-3)17(2)13-8-5-4-6-9-13/h7,10-11,13H,4-6,8-9H2,1-3H3. The van der Waals surface area contributed by atoms with Gasteiger partial charge in [0.05, 0.1) is 18.4 Å². The first-order valence-electron chi connectivity index (χ1n) is 7.06. The van der Waals surface area contributed by atoms with E-state index in [0.29, 0.717) is 17.4 Å². The smallest absolute Gasteiger partial charge is 0.165 e. The average Bonchev–Trinajstić information content (AvgIpc) is 2.46. The first-order valence-corrected chi connectivity index (χ1v) is 7.06. The number of Topliss-reactive ketones (excluding diaryl/α,β-unsaturated/α-hetero) is 1. The molecule has 0 bridgehead atoms. The van der Waals surface area contributed by atoms with Gasteiger partial charge in [-0.05, 0) is 31.9 Å². The molecular weight excluding hydrogens is 238 g/mol. The van der Waals surface area contributed by atoms with Crippen molar-refractivity contribution < 1.29 is 9.53 Å². The lowest BCUT2D eigenvalue weighted by Gasteiger charge is -2.34. The highest BCUT2D eigenvalue weighted by Crippen LogP contribution is 2.33. The van der Waals surface area contributed by atoms with E-state index in [0.717, 1.165) is 5.69 Å². The van der Waals surface area contributed by atoms with Crippen LogP contribution in [-0.2, 0) is 0 Å². The first-order chi connectivity index (χ1) is 9.15. The van der Waals surface area contributed by atoms with E-state index in [1.165, 1.54) is 32.1 Å². The minimum Gasteiger partial charge on any atom is -0.496 e. The highest BCUT2D eigenvalue weighted by Gasteiger charge is 2.23. The molecule has 0 saturated heterocycles. The second kappa shape index (κ2) is 6.09. The second-order valence-corrected chi connectivity index (χ2v) is 5.31. The van der Waals surface area contributed by atoms with Gasteiger partial charge in [0, 0.05) is 13.1 Å². The lowest BCUT2D eigenvalue weighted by molar-refractivity contribution is 0.101. The molecule has 0 spiro atoms. The van der Waals surface area contributed by atoms with Crippen LogP contribution in [0.25, 0.3) is 0 Å². The fourth-order valence-electron chi connectivity index (χ4n) is 3.00. The zero-order chi connectivity index (χ0) is 13.8. The van der Waals surface area contributed by atoms with Crippen molar-refractivity contribution in [3.8, 4) is 5.75 Å². The minimum atomic E-state index is 0.0649. The van der Waals surface area contributed by atoms with E-state index in [-0.39, 0.29) is 5.78 Å². The largest absolute Gasteiger partial charge is 0.496 e. The maximum absolute atomic E-state index is 11.9. The Bertz CT molecular complexity index is 450. The topological polar surface area (TPSA) is 29.5 Å². The molecule has 1 fully saturated rings. The summed E-state index contributed by atoms with van der Waals surface area (Å²) >= 11 is 0. The molecule has 0 unspecified atom stereocenters. The zero-order valence-corrected chi connectivity index (χ0v) is 12.1. The van der Waals surface area contributed by atoms with Gasteiger partial charge in [0.1, 0.15) is 5.75 Å². The van der Waals surface area contributed by atoms with Gasteiger partial charge in [-0.15, -0.1) is 0 Å². The van der Waals surface area contributed by atoms with Crippen LogP contribution in [0.4, 0.5) is 5.69 Å². The molecule has 1 aromatic carbocycles. The fraction of sp³-hybridized carbons (Fsp3) is 0.562. The fourth-order valence-corrected chi connectivity index (χ4v) is 3.00. The van der Waals surface area contributed by atoms with E-state index in [1.807, 2.05) is 18.2 Å². The lowest BCUT2D eigenvalue weighted by atomic mass is 9.93. The molecule has 1 saturated carbocycles. The summed E-state index contributed by atoms with van der Waals surface area (Å²) in [6.45, 7) is 1.61. The molecule has 19 heavy (non-hydrogen) atoms. The molecule has 1 aliphatic carbocycles. The van der Waals surface area contributed by atoms with Crippen molar-refractivity contribution in [2.24, 2.45) is 0 Å². The molecule has 0 heterocycles. The third-order valence-corrected chi connectivity index (χ3v) is 4.08. The van der Waals surface area contributed by atoms with Crippen molar-refractivity contribution in [1.29, 1.82) is 0 Å².